The molecular formula is C23H49N3O. The van der Waals surface area contributed by atoms with Crippen LogP contribution in [0.25, 0.3) is 0 Å². The zero-order valence-corrected chi connectivity index (χ0v) is 18.7. The van der Waals surface area contributed by atoms with E-state index in [0.29, 0.717) is 0 Å². The molecule has 4 aliphatic rings. The van der Waals surface area contributed by atoms with Gasteiger partial charge in [0.1, 0.15) is 0 Å². The SMILES string of the molecule is C1CCNCC1.C1CCOCC1.CCN1CCCCC1.CN1CCCCC1. The molecule has 1 N–H and O–H groups in total. The zero-order chi connectivity index (χ0) is 19.4. The topological polar surface area (TPSA) is 27.7 Å². The van der Waals surface area contributed by atoms with Crippen molar-refractivity contribution in [2.24, 2.45) is 0 Å². The summed E-state index contributed by atoms with van der Waals surface area (Å²) >= 11 is 0. The van der Waals surface area contributed by atoms with Gasteiger partial charge in [-0.2, -0.15) is 0 Å². The highest BCUT2D eigenvalue weighted by Crippen LogP contribution is 2.07. The Labute approximate surface area is 170 Å². The fraction of sp³-hybridized carbons (Fsp3) is 1.00. The second-order valence-electron chi connectivity index (χ2n) is 8.34. The first-order valence-electron chi connectivity index (χ1n) is 12.0. The van der Waals surface area contributed by atoms with E-state index in [1.54, 1.807) is 0 Å². The highest BCUT2D eigenvalue weighted by molar-refractivity contribution is 4.61. The molecular weight excluding hydrogens is 334 g/mol. The van der Waals surface area contributed by atoms with Gasteiger partial charge in [0.05, 0.1) is 0 Å². The average Bonchev–Trinajstić information content (AvgIpc) is 2.79. The van der Waals surface area contributed by atoms with Crippen LogP contribution in [0.3, 0.4) is 0 Å². The van der Waals surface area contributed by atoms with Crippen molar-refractivity contribution >= 4 is 0 Å². The molecule has 0 unspecified atom stereocenters. The van der Waals surface area contributed by atoms with Crippen molar-refractivity contribution in [2.75, 3.05) is 66.1 Å². The lowest BCUT2D eigenvalue weighted by molar-refractivity contribution is 0.0968. The van der Waals surface area contributed by atoms with Crippen molar-refractivity contribution in [1.82, 2.24) is 15.1 Å². The van der Waals surface area contributed by atoms with Crippen LogP contribution >= 0.6 is 0 Å². The Kier molecular flexibility index (Phi) is 17.7. The van der Waals surface area contributed by atoms with Gasteiger partial charge in [-0.3, -0.25) is 0 Å². The molecule has 4 heterocycles. The van der Waals surface area contributed by atoms with E-state index >= 15 is 0 Å². The van der Waals surface area contributed by atoms with Gasteiger partial charge >= 0.3 is 0 Å². The van der Waals surface area contributed by atoms with E-state index in [4.69, 9.17) is 4.74 Å². The number of rotatable bonds is 1. The average molecular weight is 384 g/mol. The van der Waals surface area contributed by atoms with Crippen LogP contribution in [-0.2, 0) is 4.74 Å². The summed E-state index contributed by atoms with van der Waals surface area (Å²) in [6, 6.07) is 0. The molecule has 0 aromatic carbocycles. The van der Waals surface area contributed by atoms with Crippen LogP contribution in [0.4, 0.5) is 0 Å². The fourth-order valence-electron chi connectivity index (χ4n) is 3.82. The van der Waals surface area contributed by atoms with Gasteiger partial charge in [0.25, 0.3) is 0 Å². The number of ether oxygens (including phenoxy) is 1. The Bertz CT molecular complexity index is 246. The highest BCUT2D eigenvalue weighted by Gasteiger charge is 2.05. The van der Waals surface area contributed by atoms with Crippen molar-refractivity contribution in [1.29, 1.82) is 0 Å². The van der Waals surface area contributed by atoms with Gasteiger partial charge in [-0.15, -0.1) is 0 Å². The van der Waals surface area contributed by atoms with E-state index in [2.05, 4.69) is 29.1 Å². The van der Waals surface area contributed by atoms with Crippen LogP contribution in [-0.4, -0.2) is 75.9 Å². The smallest absolute Gasteiger partial charge is 0.0466 e. The molecule has 0 atom stereocenters. The predicted octanol–water partition coefficient (Wildman–Crippen LogP) is 4.54. The summed E-state index contributed by atoms with van der Waals surface area (Å²) in [6.07, 6.45) is 16.7. The number of piperidine rings is 3. The summed E-state index contributed by atoms with van der Waals surface area (Å²) in [5, 5.41) is 3.28. The third kappa shape index (κ3) is 16.5. The summed E-state index contributed by atoms with van der Waals surface area (Å²) in [5.41, 5.74) is 0. The van der Waals surface area contributed by atoms with Crippen LogP contribution < -0.4 is 5.32 Å². The van der Waals surface area contributed by atoms with E-state index in [1.807, 2.05) is 0 Å². The van der Waals surface area contributed by atoms with E-state index in [0.717, 1.165) is 13.2 Å². The van der Waals surface area contributed by atoms with Crippen molar-refractivity contribution < 1.29 is 4.74 Å². The second kappa shape index (κ2) is 19.2. The fourth-order valence-corrected chi connectivity index (χ4v) is 3.82. The van der Waals surface area contributed by atoms with Crippen LogP contribution in [0, 0.1) is 0 Å². The van der Waals surface area contributed by atoms with Gasteiger partial charge in [0.2, 0.25) is 0 Å². The molecule has 4 fully saturated rings. The minimum atomic E-state index is 1.00. The Balaban J connectivity index is 0.000000181. The summed E-state index contributed by atoms with van der Waals surface area (Å²) in [6.45, 7) is 13.3. The summed E-state index contributed by atoms with van der Waals surface area (Å²) < 4.78 is 5.07. The van der Waals surface area contributed by atoms with Gasteiger partial charge in [0.15, 0.2) is 0 Å². The molecule has 4 rings (SSSR count). The third-order valence-electron chi connectivity index (χ3n) is 5.76. The van der Waals surface area contributed by atoms with E-state index in [1.165, 1.54) is 123 Å². The van der Waals surface area contributed by atoms with Crippen molar-refractivity contribution in [3.63, 3.8) is 0 Å². The van der Waals surface area contributed by atoms with E-state index < -0.39 is 0 Å². The Hall–Kier alpha value is -0.160. The maximum Gasteiger partial charge on any atom is 0.0466 e. The molecule has 0 aliphatic carbocycles. The Morgan fingerprint density at radius 2 is 1.11 bits per heavy atom. The molecule has 0 aromatic rings. The van der Waals surface area contributed by atoms with Gasteiger partial charge in [-0.1, -0.05) is 26.2 Å². The molecule has 0 bridgehead atoms. The monoisotopic (exact) mass is 383 g/mol. The molecule has 0 amide bonds. The van der Waals surface area contributed by atoms with Crippen molar-refractivity contribution in [3.05, 3.63) is 0 Å². The molecule has 162 valence electrons. The summed E-state index contributed by atoms with van der Waals surface area (Å²) in [4.78, 5) is 4.91. The van der Waals surface area contributed by atoms with E-state index in [9.17, 15) is 0 Å². The largest absolute Gasteiger partial charge is 0.381 e. The van der Waals surface area contributed by atoms with Crippen molar-refractivity contribution in [2.45, 2.75) is 84.0 Å². The summed E-state index contributed by atoms with van der Waals surface area (Å²) in [5.74, 6) is 0. The molecule has 0 saturated carbocycles. The maximum absolute atomic E-state index is 5.07. The lowest BCUT2D eigenvalue weighted by Gasteiger charge is -2.24. The molecule has 4 aliphatic heterocycles. The first-order chi connectivity index (χ1) is 13.3. The maximum atomic E-state index is 5.07. The highest BCUT2D eigenvalue weighted by atomic mass is 16.5. The predicted molar refractivity (Wildman–Crippen MR) is 119 cm³/mol. The van der Waals surface area contributed by atoms with E-state index in [-0.39, 0.29) is 0 Å². The molecule has 4 heteroatoms. The Morgan fingerprint density at radius 3 is 1.33 bits per heavy atom. The first-order valence-corrected chi connectivity index (χ1v) is 12.0. The van der Waals surface area contributed by atoms with Crippen LogP contribution in [0.2, 0.25) is 0 Å². The number of likely N-dealkylation sites (tertiary alicyclic amines) is 2. The Morgan fingerprint density at radius 1 is 0.630 bits per heavy atom. The van der Waals surface area contributed by atoms with Crippen molar-refractivity contribution in [3.8, 4) is 0 Å². The molecule has 27 heavy (non-hydrogen) atoms. The zero-order valence-electron chi connectivity index (χ0n) is 18.7. The molecule has 0 radical (unpaired) electrons. The number of hydrogen-bond acceptors (Lipinski definition) is 4. The molecule has 0 aromatic heterocycles. The van der Waals surface area contributed by atoms with Gasteiger partial charge in [0, 0.05) is 13.2 Å². The second-order valence-corrected chi connectivity index (χ2v) is 8.34. The van der Waals surface area contributed by atoms with Gasteiger partial charge in [-0.25, -0.2) is 0 Å². The molecule has 0 spiro atoms. The normalized spacial score (nSPS) is 24.2. The first kappa shape index (κ1) is 24.9. The quantitative estimate of drug-likeness (QED) is 0.719. The lowest BCUT2D eigenvalue weighted by Crippen LogP contribution is -2.29. The van der Waals surface area contributed by atoms with Crippen LogP contribution in [0.15, 0.2) is 0 Å². The third-order valence-corrected chi connectivity index (χ3v) is 5.76. The van der Waals surface area contributed by atoms with Crippen LogP contribution in [0.1, 0.15) is 84.0 Å². The minimum absolute atomic E-state index is 1.00. The van der Waals surface area contributed by atoms with Crippen LogP contribution in [0.5, 0.6) is 0 Å². The number of nitrogens with zero attached hydrogens (tertiary/aromatic N) is 2. The van der Waals surface area contributed by atoms with Gasteiger partial charge < -0.3 is 19.9 Å². The lowest BCUT2D eigenvalue weighted by atomic mass is 10.1. The minimum Gasteiger partial charge on any atom is -0.381 e. The molecule has 4 saturated heterocycles. The summed E-state index contributed by atoms with van der Waals surface area (Å²) in [7, 11) is 2.19. The standard InChI is InChI=1S/C7H15N.C6H13N.C5H11N.C5H10O/c1-2-8-6-4-3-5-7-8;1-7-5-3-2-4-6-7;2*1-2-4-6-5-3-1/h2-7H2,1H3;2-6H2,1H3;6H,1-5H2;1-5H2. The molecule has 4 nitrogen and oxygen atoms in total. The number of nitrogens with one attached hydrogen (secondary N) is 1. The number of hydrogen-bond donors (Lipinski definition) is 1. The van der Waals surface area contributed by atoms with Gasteiger partial charge in [-0.05, 0) is 111 Å².